The smallest absolute Gasteiger partial charge is 0.00508 e. The Morgan fingerprint density at radius 3 is 2.31 bits per heavy atom. The highest BCUT2D eigenvalue weighted by molar-refractivity contribution is 5.05. The predicted molar refractivity (Wildman–Crippen MR) is 67.4 cm³/mol. The van der Waals surface area contributed by atoms with Crippen molar-refractivity contribution in [2.75, 3.05) is 39.8 Å². The first-order valence-electron chi connectivity index (χ1n) is 6.97. The van der Waals surface area contributed by atoms with E-state index < -0.39 is 0 Å². The third-order valence-corrected chi connectivity index (χ3v) is 5.11. The van der Waals surface area contributed by atoms with Crippen molar-refractivity contribution in [1.82, 2.24) is 9.80 Å². The Bertz CT molecular complexity index is 254. The number of likely N-dealkylation sites (tertiary alicyclic amines) is 2. The van der Waals surface area contributed by atoms with Gasteiger partial charge in [-0.25, -0.2) is 0 Å². The van der Waals surface area contributed by atoms with Crippen molar-refractivity contribution >= 4 is 0 Å². The van der Waals surface area contributed by atoms with Crippen LogP contribution in [-0.4, -0.2) is 49.6 Å². The minimum atomic E-state index is 0.782. The average molecular weight is 222 g/mol. The summed E-state index contributed by atoms with van der Waals surface area (Å²) in [5.74, 6) is 2.93. The van der Waals surface area contributed by atoms with Gasteiger partial charge in [-0.2, -0.15) is 0 Å². The average Bonchev–Trinajstić information content (AvgIpc) is 2.02. The van der Waals surface area contributed by atoms with Crippen molar-refractivity contribution in [3.05, 3.63) is 0 Å². The molecule has 16 heavy (non-hydrogen) atoms. The Morgan fingerprint density at radius 1 is 1.19 bits per heavy atom. The highest BCUT2D eigenvalue weighted by Gasteiger charge is 2.52. The SMILES string of the molecule is CC(C)C1CC2(C1)CN(CC1CN(C)C1)C2. The van der Waals surface area contributed by atoms with E-state index in [0.29, 0.717) is 0 Å². The molecule has 0 bridgehead atoms. The van der Waals surface area contributed by atoms with Gasteiger partial charge in [-0.1, -0.05) is 13.8 Å². The molecule has 2 aliphatic heterocycles. The number of rotatable bonds is 3. The van der Waals surface area contributed by atoms with E-state index >= 15 is 0 Å². The molecular formula is C14H26N2. The fourth-order valence-electron chi connectivity index (χ4n) is 4.12. The number of hydrogen-bond acceptors (Lipinski definition) is 2. The minimum absolute atomic E-state index is 0.782. The molecule has 3 fully saturated rings. The number of nitrogens with zero attached hydrogens (tertiary/aromatic N) is 2. The molecule has 0 radical (unpaired) electrons. The molecule has 3 aliphatic rings. The summed E-state index contributed by atoms with van der Waals surface area (Å²) >= 11 is 0. The molecule has 92 valence electrons. The summed E-state index contributed by atoms with van der Waals surface area (Å²) in [6, 6.07) is 0. The van der Waals surface area contributed by atoms with Crippen molar-refractivity contribution in [2.24, 2.45) is 23.2 Å². The van der Waals surface area contributed by atoms with Crippen molar-refractivity contribution in [3.8, 4) is 0 Å². The highest BCUT2D eigenvalue weighted by atomic mass is 15.2. The second-order valence-corrected chi connectivity index (χ2v) is 7.17. The van der Waals surface area contributed by atoms with Crippen molar-refractivity contribution in [1.29, 1.82) is 0 Å². The first-order valence-corrected chi connectivity index (χ1v) is 6.97. The largest absolute Gasteiger partial charge is 0.306 e. The predicted octanol–water partition coefficient (Wildman–Crippen LogP) is 1.92. The maximum absolute atomic E-state index is 2.70. The molecule has 0 atom stereocenters. The fraction of sp³-hybridized carbons (Fsp3) is 1.00. The second kappa shape index (κ2) is 3.71. The summed E-state index contributed by atoms with van der Waals surface area (Å²) in [5.41, 5.74) is 0.782. The van der Waals surface area contributed by atoms with Crippen LogP contribution in [0.25, 0.3) is 0 Å². The molecule has 2 nitrogen and oxygen atoms in total. The summed E-state index contributed by atoms with van der Waals surface area (Å²) in [6.07, 6.45) is 3.04. The van der Waals surface area contributed by atoms with E-state index in [4.69, 9.17) is 0 Å². The Morgan fingerprint density at radius 2 is 1.81 bits per heavy atom. The monoisotopic (exact) mass is 222 g/mol. The zero-order valence-electron chi connectivity index (χ0n) is 11.1. The van der Waals surface area contributed by atoms with Gasteiger partial charge >= 0.3 is 0 Å². The van der Waals surface area contributed by atoms with Crippen LogP contribution in [0, 0.1) is 23.2 Å². The van der Waals surface area contributed by atoms with Crippen LogP contribution in [0.5, 0.6) is 0 Å². The van der Waals surface area contributed by atoms with Crippen LogP contribution in [0.1, 0.15) is 26.7 Å². The summed E-state index contributed by atoms with van der Waals surface area (Å²) in [4.78, 5) is 5.13. The molecule has 2 saturated heterocycles. The van der Waals surface area contributed by atoms with Gasteiger partial charge in [0.2, 0.25) is 0 Å². The molecule has 0 amide bonds. The molecule has 0 aromatic carbocycles. The summed E-state index contributed by atoms with van der Waals surface area (Å²) in [6.45, 7) is 11.6. The van der Waals surface area contributed by atoms with E-state index in [-0.39, 0.29) is 0 Å². The van der Waals surface area contributed by atoms with Gasteiger partial charge in [0.05, 0.1) is 0 Å². The molecular weight excluding hydrogens is 196 g/mol. The Balaban J connectivity index is 1.36. The molecule has 1 aliphatic carbocycles. The Hall–Kier alpha value is -0.0800. The molecule has 3 rings (SSSR count). The van der Waals surface area contributed by atoms with Gasteiger partial charge in [0, 0.05) is 32.7 Å². The normalized spacial score (nSPS) is 31.5. The lowest BCUT2D eigenvalue weighted by Gasteiger charge is -2.61. The lowest BCUT2D eigenvalue weighted by atomic mass is 9.55. The summed E-state index contributed by atoms with van der Waals surface area (Å²) in [5, 5.41) is 0. The van der Waals surface area contributed by atoms with E-state index in [2.05, 4.69) is 30.7 Å². The van der Waals surface area contributed by atoms with Crippen LogP contribution < -0.4 is 0 Å². The van der Waals surface area contributed by atoms with Crippen molar-refractivity contribution in [2.45, 2.75) is 26.7 Å². The third kappa shape index (κ3) is 1.80. The minimum Gasteiger partial charge on any atom is -0.306 e. The maximum Gasteiger partial charge on any atom is 0.00508 e. The van der Waals surface area contributed by atoms with E-state index in [0.717, 1.165) is 23.2 Å². The molecule has 0 aromatic heterocycles. The van der Waals surface area contributed by atoms with Crippen LogP contribution >= 0.6 is 0 Å². The molecule has 2 heterocycles. The zero-order valence-corrected chi connectivity index (χ0v) is 11.1. The lowest BCUT2D eigenvalue weighted by molar-refractivity contribution is -0.116. The standard InChI is InChI=1S/C14H26N2/c1-11(2)13-4-14(5-13)9-16(10-14)8-12-6-15(3)7-12/h11-13H,4-10H2,1-3H3. The zero-order chi connectivity index (χ0) is 11.3. The van der Waals surface area contributed by atoms with Gasteiger partial charge in [0.15, 0.2) is 0 Å². The first-order chi connectivity index (χ1) is 7.56. The van der Waals surface area contributed by atoms with Gasteiger partial charge in [-0.05, 0) is 43.1 Å². The second-order valence-electron chi connectivity index (χ2n) is 7.17. The van der Waals surface area contributed by atoms with E-state index in [1.807, 2.05) is 0 Å². The quantitative estimate of drug-likeness (QED) is 0.720. The van der Waals surface area contributed by atoms with Gasteiger partial charge in [-0.15, -0.1) is 0 Å². The summed E-state index contributed by atoms with van der Waals surface area (Å²) in [7, 11) is 2.23. The van der Waals surface area contributed by atoms with Gasteiger partial charge < -0.3 is 9.80 Å². The summed E-state index contributed by atoms with van der Waals surface area (Å²) < 4.78 is 0. The van der Waals surface area contributed by atoms with Crippen LogP contribution in [0.4, 0.5) is 0 Å². The van der Waals surface area contributed by atoms with Gasteiger partial charge in [0.25, 0.3) is 0 Å². The maximum atomic E-state index is 2.70. The van der Waals surface area contributed by atoms with Crippen molar-refractivity contribution < 1.29 is 0 Å². The van der Waals surface area contributed by atoms with E-state index in [1.165, 1.54) is 45.6 Å². The first kappa shape index (κ1) is 11.0. The molecule has 2 heteroatoms. The van der Waals surface area contributed by atoms with Crippen LogP contribution in [-0.2, 0) is 0 Å². The molecule has 0 unspecified atom stereocenters. The molecule has 1 saturated carbocycles. The van der Waals surface area contributed by atoms with E-state index in [9.17, 15) is 0 Å². The molecule has 0 N–H and O–H groups in total. The third-order valence-electron chi connectivity index (χ3n) is 5.11. The van der Waals surface area contributed by atoms with E-state index in [1.54, 1.807) is 0 Å². The number of hydrogen-bond donors (Lipinski definition) is 0. The van der Waals surface area contributed by atoms with Crippen molar-refractivity contribution in [3.63, 3.8) is 0 Å². The topological polar surface area (TPSA) is 6.48 Å². The highest BCUT2D eigenvalue weighted by Crippen LogP contribution is 2.54. The van der Waals surface area contributed by atoms with Gasteiger partial charge in [-0.3, -0.25) is 0 Å². The van der Waals surface area contributed by atoms with Crippen LogP contribution in [0.15, 0.2) is 0 Å². The van der Waals surface area contributed by atoms with Crippen LogP contribution in [0.2, 0.25) is 0 Å². The molecule has 1 spiro atoms. The Labute approximate surface area is 100.0 Å². The fourth-order valence-corrected chi connectivity index (χ4v) is 4.12. The lowest BCUT2D eigenvalue weighted by Crippen LogP contribution is -2.65. The Kier molecular flexibility index (Phi) is 2.56. The van der Waals surface area contributed by atoms with Crippen LogP contribution in [0.3, 0.4) is 0 Å². The van der Waals surface area contributed by atoms with Gasteiger partial charge in [0.1, 0.15) is 0 Å². The molecule has 0 aromatic rings.